The number of hydrogen-bond donors (Lipinski definition) is 0. The fourth-order valence-corrected chi connectivity index (χ4v) is 6.29. The predicted molar refractivity (Wildman–Crippen MR) is 157 cm³/mol. The maximum Gasteiger partial charge on any atom is 0.314 e. The second-order valence-corrected chi connectivity index (χ2v) is 11.8. The Morgan fingerprint density at radius 3 is 1.05 bits per heavy atom. The highest BCUT2D eigenvalue weighted by Gasteiger charge is 2.32. The van der Waals surface area contributed by atoms with Crippen LogP contribution in [0.4, 0.5) is 0 Å². The molecule has 0 saturated heterocycles. The van der Waals surface area contributed by atoms with Crippen molar-refractivity contribution in [1.82, 2.24) is 0 Å². The number of carbonyl (C=O) groups excluding carboxylic acids is 2. The Balaban J connectivity index is 1.01. The Hall–Kier alpha value is -3.10. The number of rotatable bonds is 10. The quantitative estimate of drug-likeness (QED) is 0.227. The first-order chi connectivity index (χ1) is 20.5. The van der Waals surface area contributed by atoms with Crippen LogP contribution in [0.3, 0.4) is 0 Å². The maximum atomic E-state index is 12.8. The first kappa shape index (κ1) is 30.4. The lowest BCUT2D eigenvalue weighted by molar-refractivity contribution is -0.145. The van der Waals surface area contributed by atoms with Crippen LogP contribution in [0.25, 0.3) is 0 Å². The maximum absolute atomic E-state index is 12.8. The number of hydrogen-bond acceptors (Lipinski definition) is 8. The van der Waals surface area contributed by atoms with Gasteiger partial charge in [-0.3, -0.25) is 9.59 Å². The normalized spacial score (nSPS) is 28.0. The molecule has 0 heterocycles. The van der Waals surface area contributed by atoms with Crippen LogP contribution in [-0.2, 0) is 19.1 Å². The molecule has 0 bridgehead atoms. The van der Waals surface area contributed by atoms with E-state index in [1.807, 2.05) is 24.3 Å². The average Bonchev–Trinajstić information content (AvgIpc) is 3.03. The van der Waals surface area contributed by atoms with Crippen LogP contribution in [0.15, 0.2) is 48.5 Å². The van der Waals surface area contributed by atoms with Crippen LogP contribution < -0.4 is 18.9 Å². The summed E-state index contributed by atoms with van der Waals surface area (Å²) < 4.78 is 34.3. The van der Waals surface area contributed by atoms with Gasteiger partial charge in [0.25, 0.3) is 0 Å². The third-order valence-electron chi connectivity index (χ3n) is 8.99. The molecular weight excluding hydrogens is 536 g/mol. The van der Waals surface area contributed by atoms with Gasteiger partial charge in [0.05, 0.1) is 36.3 Å². The van der Waals surface area contributed by atoms with E-state index in [2.05, 4.69) is 0 Å². The van der Waals surface area contributed by atoms with Gasteiger partial charge in [0.2, 0.25) is 0 Å². The molecule has 3 aliphatic rings. The minimum absolute atomic E-state index is 0.191. The van der Waals surface area contributed by atoms with E-state index in [0.29, 0.717) is 49.4 Å². The van der Waals surface area contributed by atoms with Gasteiger partial charge in [0.15, 0.2) is 0 Å². The van der Waals surface area contributed by atoms with Gasteiger partial charge in [-0.1, -0.05) is 0 Å². The van der Waals surface area contributed by atoms with Crippen molar-refractivity contribution in [3.8, 4) is 23.0 Å². The Labute approximate surface area is 249 Å². The first-order valence-electron chi connectivity index (χ1n) is 15.5. The zero-order valence-corrected chi connectivity index (χ0v) is 24.8. The van der Waals surface area contributed by atoms with Crippen LogP contribution in [0, 0.1) is 11.8 Å². The summed E-state index contributed by atoms with van der Waals surface area (Å²) in [7, 11) is 3.52. The molecule has 0 N–H and O–H groups in total. The summed E-state index contributed by atoms with van der Waals surface area (Å²) in [5, 5.41) is 0. The molecule has 8 heteroatoms. The highest BCUT2D eigenvalue weighted by Crippen LogP contribution is 2.33. The second-order valence-electron chi connectivity index (χ2n) is 11.8. The number of benzene rings is 2. The Kier molecular flexibility index (Phi) is 10.8. The van der Waals surface area contributed by atoms with Gasteiger partial charge in [-0.05, 0) is 126 Å². The van der Waals surface area contributed by atoms with Gasteiger partial charge in [-0.2, -0.15) is 0 Å². The summed E-state index contributed by atoms with van der Waals surface area (Å²) in [6, 6.07) is 14.5. The summed E-state index contributed by atoms with van der Waals surface area (Å²) in [4.78, 5) is 25.6. The standard InChI is InChI=1S/C34H44O8/c1-37-25-7-11-27(12-8-25)39-29-15-19-31(20-16-29)41-33(35)23-3-5-24(6-4-23)34(36)42-32-21-17-30(18-22-32)40-28-13-9-26(38-2)10-14-28/h15-28H,3-14H2,1-2H3/t23-,24-,25?,26?,27?,28?. The minimum Gasteiger partial charge on any atom is -0.490 e. The molecule has 0 aliphatic heterocycles. The van der Waals surface area contributed by atoms with E-state index in [9.17, 15) is 9.59 Å². The number of carbonyl (C=O) groups is 2. The first-order valence-corrected chi connectivity index (χ1v) is 15.5. The molecule has 0 aromatic heterocycles. The van der Waals surface area contributed by atoms with Gasteiger partial charge < -0.3 is 28.4 Å². The highest BCUT2D eigenvalue weighted by atomic mass is 16.5. The van der Waals surface area contributed by atoms with Crippen molar-refractivity contribution < 1.29 is 38.0 Å². The fourth-order valence-electron chi connectivity index (χ4n) is 6.29. The third kappa shape index (κ3) is 8.48. The number of esters is 2. The van der Waals surface area contributed by atoms with Gasteiger partial charge in [-0.25, -0.2) is 0 Å². The Bertz CT molecular complexity index is 1030. The zero-order valence-electron chi connectivity index (χ0n) is 24.8. The molecule has 8 nitrogen and oxygen atoms in total. The molecule has 0 radical (unpaired) electrons. The Morgan fingerprint density at radius 2 is 0.738 bits per heavy atom. The van der Waals surface area contributed by atoms with Crippen molar-refractivity contribution in [1.29, 1.82) is 0 Å². The molecule has 3 fully saturated rings. The molecule has 2 aromatic carbocycles. The molecule has 0 amide bonds. The summed E-state index contributed by atoms with van der Waals surface area (Å²) in [5.41, 5.74) is 0. The number of methoxy groups -OCH3 is 2. The van der Waals surface area contributed by atoms with Crippen LogP contribution in [0.5, 0.6) is 23.0 Å². The van der Waals surface area contributed by atoms with Crippen molar-refractivity contribution in [3.05, 3.63) is 48.5 Å². The smallest absolute Gasteiger partial charge is 0.314 e. The predicted octanol–water partition coefficient (Wildman–Crippen LogP) is 6.68. The molecule has 5 rings (SSSR count). The monoisotopic (exact) mass is 580 g/mol. The van der Waals surface area contributed by atoms with Crippen molar-refractivity contribution >= 4 is 11.9 Å². The summed E-state index contributed by atoms with van der Waals surface area (Å²) >= 11 is 0. The summed E-state index contributed by atoms with van der Waals surface area (Å²) in [6.45, 7) is 0. The number of ether oxygens (including phenoxy) is 6. The van der Waals surface area contributed by atoms with Crippen molar-refractivity contribution in [3.63, 3.8) is 0 Å². The highest BCUT2D eigenvalue weighted by molar-refractivity contribution is 5.77. The second kappa shape index (κ2) is 14.9. The molecule has 0 atom stereocenters. The van der Waals surface area contributed by atoms with E-state index in [1.54, 1.807) is 38.5 Å². The Morgan fingerprint density at radius 1 is 0.452 bits per heavy atom. The lowest BCUT2D eigenvalue weighted by Gasteiger charge is -2.28. The molecule has 2 aromatic rings. The van der Waals surface area contributed by atoms with E-state index in [-0.39, 0.29) is 36.0 Å². The van der Waals surface area contributed by atoms with Crippen molar-refractivity contribution in [2.24, 2.45) is 11.8 Å². The third-order valence-corrected chi connectivity index (χ3v) is 8.99. The molecule has 0 unspecified atom stereocenters. The largest absolute Gasteiger partial charge is 0.490 e. The van der Waals surface area contributed by atoms with Gasteiger partial charge >= 0.3 is 11.9 Å². The van der Waals surface area contributed by atoms with Crippen molar-refractivity contribution in [2.45, 2.75) is 101 Å². The van der Waals surface area contributed by atoms with E-state index in [1.165, 1.54) is 0 Å². The van der Waals surface area contributed by atoms with Crippen LogP contribution in [0.2, 0.25) is 0 Å². The van der Waals surface area contributed by atoms with Crippen LogP contribution in [0.1, 0.15) is 77.0 Å². The molecule has 3 saturated carbocycles. The minimum atomic E-state index is -0.250. The van der Waals surface area contributed by atoms with Gasteiger partial charge in [0, 0.05) is 14.2 Å². The van der Waals surface area contributed by atoms with E-state index in [4.69, 9.17) is 28.4 Å². The van der Waals surface area contributed by atoms with Crippen LogP contribution in [-0.4, -0.2) is 50.6 Å². The summed E-state index contributed by atoms with van der Waals surface area (Å²) in [5.74, 6) is 1.62. The summed E-state index contributed by atoms with van der Waals surface area (Å²) in [6.07, 6.45) is 11.4. The van der Waals surface area contributed by atoms with Crippen molar-refractivity contribution in [2.75, 3.05) is 14.2 Å². The SMILES string of the molecule is COC1CCC(Oc2ccc(OC(=O)[C@H]3CC[C@H](C(=O)Oc4ccc(OC5CCC(OC)CC5)cc4)CC3)cc2)CC1. The molecular formula is C34H44O8. The lowest BCUT2D eigenvalue weighted by Crippen LogP contribution is -2.30. The molecule has 42 heavy (non-hydrogen) atoms. The molecule has 3 aliphatic carbocycles. The average molecular weight is 581 g/mol. The van der Waals surface area contributed by atoms with E-state index in [0.717, 1.165) is 62.9 Å². The van der Waals surface area contributed by atoms with Gasteiger partial charge in [0.1, 0.15) is 23.0 Å². The molecule has 0 spiro atoms. The van der Waals surface area contributed by atoms with Crippen LogP contribution >= 0.6 is 0 Å². The fraction of sp³-hybridized carbons (Fsp3) is 0.588. The lowest BCUT2D eigenvalue weighted by atomic mass is 9.82. The molecule has 228 valence electrons. The van der Waals surface area contributed by atoms with E-state index >= 15 is 0 Å². The van der Waals surface area contributed by atoms with Gasteiger partial charge in [-0.15, -0.1) is 0 Å². The van der Waals surface area contributed by atoms with E-state index < -0.39 is 0 Å². The zero-order chi connectivity index (χ0) is 29.3. The topological polar surface area (TPSA) is 89.5 Å².